The van der Waals surface area contributed by atoms with Crippen LogP contribution in [0.15, 0.2) is 18.6 Å². The lowest BCUT2D eigenvalue weighted by atomic mass is 9.74. The minimum atomic E-state index is -4.92. The Morgan fingerprint density at radius 1 is 1.02 bits per heavy atom. The summed E-state index contributed by atoms with van der Waals surface area (Å²) in [5.74, 6) is -2.57. The van der Waals surface area contributed by atoms with E-state index in [9.17, 15) is 32.7 Å². The minimum Gasteiger partial charge on any atom is -0.481 e. The fraction of sp³-hybridized carbons (Fsp3) is 0.607. The summed E-state index contributed by atoms with van der Waals surface area (Å²) >= 11 is 12.3. The molecule has 0 saturated heterocycles. The van der Waals surface area contributed by atoms with Crippen LogP contribution < -0.4 is 0 Å². The van der Waals surface area contributed by atoms with Crippen molar-refractivity contribution >= 4 is 40.9 Å². The molecule has 2 aliphatic carbocycles. The largest absolute Gasteiger partial charge is 0.481 e. The van der Waals surface area contributed by atoms with Crippen LogP contribution in [-0.4, -0.2) is 55.5 Å². The Labute approximate surface area is 246 Å². The number of amides is 1. The first-order valence-electron chi connectivity index (χ1n) is 13.6. The number of rotatable bonds is 8. The number of pyridine rings is 1. The number of aliphatic carboxylic acids is 1. The van der Waals surface area contributed by atoms with E-state index < -0.39 is 53.1 Å². The molecule has 0 unspecified atom stereocenters. The van der Waals surface area contributed by atoms with Gasteiger partial charge in [-0.25, -0.2) is 0 Å². The molecule has 2 aromatic heterocycles. The SMILES string of the molecule is CC1(CN(CC(=O)c2c(Cl)cncc2Cl)C(=O)c2cnn([C@H]3CC[C@](C)(C(=O)O)CC3)c2C(F)(F)F)CCCCC1. The van der Waals surface area contributed by atoms with Crippen LogP contribution in [0.25, 0.3) is 0 Å². The quantitative estimate of drug-likeness (QED) is 0.317. The van der Waals surface area contributed by atoms with Crippen molar-refractivity contribution in [3.05, 3.63) is 45.5 Å². The summed E-state index contributed by atoms with van der Waals surface area (Å²) in [6, 6.07) is -0.721. The molecule has 4 rings (SSSR count). The number of alkyl halides is 3. The van der Waals surface area contributed by atoms with E-state index in [1.165, 1.54) is 12.4 Å². The predicted molar refractivity (Wildman–Crippen MR) is 146 cm³/mol. The minimum absolute atomic E-state index is 0.0202. The molecule has 0 radical (unpaired) electrons. The van der Waals surface area contributed by atoms with E-state index in [1.54, 1.807) is 6.92 Å². The van der Waals surface area contributed by atoms with Gasteiger partial charge in [0.15, 0.2) is 11.5 Å². The first-order chi connectivity index (χ1) is 19.2. The molecule has 0 bridgehead atoms. The number of hydrogen-bond acceptors (Lipinski definition) is 5. The first-order valence-corrected chi connectivity index (χ1v) is 14.4. The van der Waals surface area contributed by atoms with Crippen molar-refractivity contribution in [3.63, 3.8) is 0 Å². The molecule has 41 heavy (non-hydrogen) atoms. The number of carbonyl (C=O) groups is 3. The highest BCUT2D eigenvalue weighted by atomic mass is 35.5. The van der Waals surface area contributed by atoms with Gasteiger partial charge >= 0.3 is 12.1 Å². The van der Waals surface area contributed by atoms with Crippen LogP contribution >= 0.6 is 23.2 Å². The van der Waals surface area contributed by atoms with Gasteiger partial charge in [0.2, 0.25) is 0 Å². The molecule has 8 nitrogen and oxygen atoms in total. The zero-order chi connectivity index (χ0) is 30.2. The normalized spacial score (nSPS) is 22.8. The fourth-order valence-electron chi connectivity index (χ4n) is 6.10. The highest BCUT2D eigenvalue weighted by molar-refractivity contribution is 6.39. The topological polar surface area (TPSA) is 105 Å². The van der Waals surface area contributed by atoms with E-state index >= 15 is 0 Å². The maximum atomic E-state index is 14.5. The summed E-state index contributed by atoms with van der Waals surface area (Å²) < 4.78 is 44.4. The van der Waals surface area contributed by atoms with Gasteiger partial charge in [0.25, 0.3) is 5.91 Å². The summed E-state index contributed by atoms with van der Waals surface area (Å²) in [4.78, 5) is 43.9. The molecular weight excluding hydrogens is 584 g/mol. The van der Waals surface area contributed by atoms with Crippen LogP contribution in [0.3, 0.4) is 0 Å². The predicted octanol–water partition coefficient (Wildman–Crippen LogP) is 7.11. The lowest BCUT2D eigenvalue weighted by molar-refractivity contribution is -0.152. The third-order valence-corrected chi connectivity index (χ3v) is 9.18. The monoisotopic (exact) mass is 616 g/mol. The molecule has 2 saturated carbocycles. The number of ketones is 1. The number of nitrogens with zero attached hydrogens (tertiary/aromatic N) is 4. The molecule has 2 aromatic rings. The van der Waals surface area contributed by atoms with Gasteiger partial charge in [-0.05, 0) is 50.9 Å². The Morgan fingerprint density at radius 2 is 1.61 bits per heavy atom. The molecule has 0 aliphatic heterocycles. The zero-order valence-corrected chi connectivity index (χ0v) is 24.5. The van der Waals surface area contributed by atoms with E-state index in [0.29, 0.717) is 0 Å². The van der Waals surface area contributed by atoms with Crippen molar-refractivity contribution in [1.29, 1.82) is 0 Å². The maximum Gasteiger partial charge on any atom is 0.433 e. The molecular formula is C28H33Cl2F3N4O4. The Kier molecular flexibility index (Phi) is 9.09. The number of hydrogen-bond donors (Lipinski definition) is 1. The van der Waals surface area contributed by atoms with Crippen molar-refractivity contribution in [1.82, 2.24) is 19.7 Å². The molecule has 0 spiro atoms. The van der Waals surface area contributed by atoms with E-state index in [2.05, 4.69) is 10.1 Å². The molecule has 13 heteroatoms. The van der Waals surface area contributed by atoms with Crippen LogP contribution in [0.5, 0.6) is 0 Å². The summed E-state index contributed by atoms with van der Waals surface area (Å²) in [5, 5.41) is 13.5. The summed E-state index contributed by atoms with van der Waals surface area (Å²) in [7, 11) is 0. The molecule has 1 amide bonds. The number of Topliss-reactive ketones (excluding diaryl/α,β-unsaturated/α-hetero) is 1. The van der Waals surface area contributed by atoms with Gasteiger partial charge < -0.3 is 10.0 Å². The molecule has 2 heterocycles. The van der Waals surface area contributed by atoms with Crippen molar-refractivity contribution in [3.8, 4) is 0 Å². The van der Waals surface area contributed by atoms with E-state index in [1.807, 2.05) is 6.92 Å². The summed E-state index contributed by atoms with van der Waals surface area (Å²) in [6.45, 7) is 3.09. The van der Waals surface area contributed by atoms with Crippen LogP contribution in [0.1, 0.15) is 104 Å². The van der Waals surface area contributed by atoms with Gasteiger partial charge in [-0.15, -0.1) is 0 Å². The lowest BCUT2D eigenvalue weighted by Crippen LogP contribution is -2.44. The van der Waals surface area contributed by atoms with Gasteiger partial charge in [-0.3, -0.25) is 24.0 Å². The Hall–Kier alpha value is -2.66. The number of aromatic nitrogens is 3. The van der Waals surface area contributed by atoms with Gasteiger partial charge in [0.05, 0.1) is 45.4 Å². The molecule has 224 valence electrons. The van der Waals surface area contributed by atoms with E-state index in [0.717, 1.165) is 47.9 Å². The third kappa shape index (κ3) is 6.71. The zero-order valence-electron chi connectivity index (χ0n) is 22.9. The van der Waals surface area contributed by atoms with Gasteiger partial charge in [-0.2, -0.15) is 18.3 Å². The molecule has 2 fully saturated rings. The number of carbonyl (C=O) groups excluding carboxylic acids is 2. The smallest absolute Gasteiger partial charge is 0.433 e. The lowest BCUT2D eigenvalue weighted by Gasteiger charge is -2.38. The maximum absolute atomic E-state index is 14.5. The van der Waals surface area contributed by atoms with Crippen molar-refractivity contribution in [2.45, 2.75) is 83.9 Å². The third-order valence-electron chi connectivity index (χ3n) is 8.60. The van der Waals surface area contributed by atoms with Crippen LogP contribution in [-0.2, 0) is 11.0 Å². The average molecular weight is 617 g/mol. The molecule has 2 aliphatic rings. The second-order valence-corrected chi connectivity index (χ2v) is 12.7. The fourth-order valence-corrected chi connectivity index (χ4v) is 6.68. The van der Waals surface area contributed by atoms with Crippen molar-refractivity contribution < 1.29 is 32.7 Å². The van der Waals surface area contributed by atoms with E-state index in [-0.39, 0.29) is 53.3 Å². The summed E-state index contributed by atoms with van der Waals surface area (Å²) in [6.07, 6.45) is 3.53. The second-order valence-electron chi connectivity index (χ2n) is 11.9. The Morgan fingerprint density at radius 3 is 2.15 bits per heavy atom. The Balaban J connectivity index is 1.69. The van der Waals surface area contributed by atoms with Gasteiger partial charge in [-0.1, -0.05) is 49.4 Å². The second kappa shape index (κ2) is 11.9. The van der Waals surface area contributed by atoms with Crippen molar-refractivity contribution in [2.75, 3.05) is 13.1 Å². The van der Waals surface area contributed by atoms with Crippen molar-refractivity contribution in [2.24, 2.45) is 10.8 Å². The van der Waals surface area contributed by atoms with Crippen LogP contribution in [0, 0.1) is 10.8 Å². The standard InChI is InChI=1S/C28H33Cl2F3N4O4/c1-26(8-4-3-5-9-26)16-36(15-21(38)22-19(29)13-34-14-20(22)30)24(39)18-12-35-37(23(18)28(31,32)33)17-6-10-27(2,11-7-17)25(40)41/h12-14,17H,3-11,15-16H2,1-2H3,(H,40,41)/t17-,27-. The number of halogens is 5. The van der Waals surface area contributed by atoms with E-state index in [4.69, 9.17) is 23.2 Å². The molecule has 0 aromatic carbocycles. The van der Waals surface area contributed by atoms with Gasteiger partial charge in [0, 0.05) is 18.9 Å². The number of carboxylic acids is 1. The molecule has 1 N–H and O–H groups in total. The number of carboxylic acid groups (broad SMARTS) is 1. The van der Waals surface area contributed by atoms with Gasteiger partial charge in [0.1, 0.15) is 0 Å². The Bertz CT molecular complexity index is 1300. The van der Waals surface area contributed by atoms with Crippen LogP contribution in [0.2, 0.25) is 10.0 Å². The summed E-state index contributed by atoms with van der Waals surface area (Å²) in [5.41, 5.74) is -3.31. The van der Waals surface area contributed by atoms with Crippen LogP contribution in [0.4, 0.5) is 13.2 Å². The highest BCUT2D eigenvalue weighted by Gasteiger charge is 2.45. The average Bonchev–Trinajstić information content (AvgIpc) is 3.34. The molecule has 0 atom stereocenters. The first kappa shape index (κ1) is 31.3. The highest BCUT2D eigenvalue weighted by Crippen LogP contribution is 2.44.